The Labute approximate surface area is 81.0 Å². The molecule has 2 amide bonds. The summed E-state index contributed by atoms with van der Waals surface area (Å²) < 4.78 is 0. The van der Waals surface area contributed by atoms with Crippen LogP contribution in [-0.2, 0) is 14.4 Å². The Morgan fingerprint density at radius 3 is 2.29 bits per heavy atom. The zero-order chi connectivity index (χ0) is 10.6. The van der Waals surface area contributed by atoms with Gasteiger partial charge in [-0.1, -0.05) is 0 Å². The van der Waals surface area contributed by atoms with E-state index in [2.05, 4.69) is 0 Å². The molecule has 0 aliphatic carbocycles. The van der Waals surface area contributed by atoms with Crippen molar-refractivity contribution in [2.75, 3.05) is 6.54 Å². The van der Waals surface area contributed by atoms with Crippen LogP contribution in [0.5, 0.6) is 0 Å². The van der Waals surface area contributed by atoms with Crippen LogP contribution in [0.2, 0.25) is 0 Å². The maximum Gasteiger partial charge on any atom is 0.303 e. The van der Waals surface area contributed by atoms with E-state index in [-0.39, 0.29) is 18.2 Å². The van der Waals surface area contributed by atoms with E-state index in [1.54, 1.807) is 0 Å². The second kappa shape index (κ2) is 4.55. The van der Waals surface area contributed by atoms with E-state index >= 15 is 0 Å². The van der Waals surface area contributed by atoms with Crippen molar-refractivity contribution in [2.24, 2.45) is 0 Å². The highest BCUT2D eigenvalue weighted by Crippen LogP contribution is 2.06. The fraction of sp³-hybridized carbons (Fsp3) is 0.444. The number of imide groups is 1. The van der Waals surface area contributed by atoms with Gasteiger partial charge in [0.25, 0.3) is 11.8 Å². The smallest absolute Gasteiger partial charge is 0.303 e. The van der Waals surface area contributed by atoms with Crippen molar-refractivity contribution in [3.63, 3.8) is 0 Å². The second-order valence-electron chi connectivity index (χ2n) is 3.01. The first-order valence-corrected chi connectivity index (χ1v) is 4.36. The van der Waals surface area contributed by atoms with Crippen LogP contribution in [0.4, 0.5) is 0 Å². The van der Waals surface area contributed by atoms with Crippen molar-refractivity contribution in [3.8, 4) is 0 Å². The quantitative estimate of drug-likeness (QED) is 0.503. The van der Waals surface area contributed by atoms with Gasteiger partial charge in [0.1, 0.15) is 0 Å². The standard InChI is InChI=1S/C9H11NO4/c11-7-4-5-8(12)10(7)6-2-1-3-9(13)14/h4-5H,1-3,6H2,(H,13,14). The molecule has 0 atom stereocenters. The molecule has 5 nitrogen and oxygen atoms in total. The van der Waals surface area contributed by atoms with E-state index < -0.39 is 5.97 Å². The van der Waals surface area contributed by atoms with Crippen molar-refractivity contribution >= 4 is 17.8 Å². The molecule has 0 saturated heterocycles. The zero-order valence-corrected chi connectivity index (χ0v) is 7.60. The molecule has 76 valence electrons. The van der Waals surface area contributed by atoms with Crippen molar-refractivity contribution in [2.45, 2.75) is 19.3 Å². The summed E-state index contributed by atoms with van der Waals surface area (Å²) in [6, 6.07) is 0. The van der Waals surface area contributed by atoms with Gasteiger partial charge in [-0.3, -0.25) is 19.3 Å². The zero-order valence-electron chi connectivity index (χ0n) is 7.60. The Balaban J connectivity index is 2.22. The normalized spacial score (nSPS) is 15.3. The van der Waals surface area contributed by atoms with Gasteiger partial charge in [0.15, 0.2) is 0 Å². The lowest BCUT2D eigenvalue weighted by Crippen LogP contribution is -2.30. The first kappa shape index (κ1) is 10.4. The molecule has 0 bridgehead atoms. The molecule has 0 radical (unpaired) electrons. The van der Waals surface area contributed by atoms with Gasteiger partial charge in [-0.15, -0.1) is 0 Å². The summed E-state index contributed by atoms with van der Waals surface area (Å²) in [7, 11) is 0. The van der Waals surface area contributed by atoms with Gasteiger partial charge in [-0.05, 0) is 12.8 Å². The fourth-order valence-corrected chi connectivity index (χ4v) is 1.20. The Morgan fingerprint density at radius 2 is 1.79 bits per heavy atom. The van der Waals surface area contributed by atoms with Crippen LogP contribution in [0.15, 0.2) is 12.2 Å². The summed E-state index contributed by atoms with van der Waals surface area (Å²) in [4.78, 5) is 33.3. The van der Waals surface area contributed by atoms with Crippen LogP contribution in [0.25, 0.3) is 0 Å². The number of carboxylic acids is 1. The Hall–Kier alpha value is -1.65. The predicted octanol–water partition coefficient (Wildman–Crippen LogP) is 0.166. The van der Waals surface area contributed by atoms with Gasteiger partial charge in [0.05, 0.1) is 0 Å². The number of unbranched alkanes of at least 4 members (excludes halogenated alkanes) is 1. The van der Waals surface area contributed by atoms with E-state index in [0.29, 0.717) is 19.4 Å². The molecule has 0 spiro atoms. The number of carbonyl (C=O) groups excluding carboxylic acids is 2. The Bertz CT molecular complexity index is 277. The van der Waals surface area contributed by atoms with E-state index in [4.69, 9.17) is 5.11 Å². The van der Waals surface area contributed by atoms with Crippen LogP contribution in [0.3, 0.4) is 0 Å². The minimum Gasteiger partial charge on any atom is -0.481 e. The maximum atomic E-state index is 11.0. The number of hydrogen-bond donors (Lipinski definition) is 1. The summed E-state index contributed by atoms with van der Waals surface area (Å²) in [5, 5.41) is 8.35. The van der Waals surface area contributed by atoms with Crippen LogP contribution >= 0.6 is 0 Å². The molecule has 0 aromatic carbocycles. The first-order chi connectivity index (χ1) is 6.61. The van der Waals surface area contributed by atoms with E-state index in [1.165, 1.54) is 12.2 Å². The summed E-state index contributed by atoms with van der Waals surface area (Å²) in [6.07, 6.45) is 3.53. The lowest BCUT2D eigenvalue weighted by atomic mass is 10.2. The average molecular weight is 197 g/mol. The summed E-state index contributed by atoms with van der Waals surface area (Å²) in [5.41, 5.74) is 0. The van der Waals surface area contributed by atoms with Crippen LogP contribution < -0.4 is 0 Å². The highest BCUT2D eigenvalue weighted by molar-refractivity contribution is 6.12. The summed E-state index contributed by atoms with van der Waals surface area (Å²) in [6.45, 7) is 0.304. The lowest BCUT2D eigenvalue weighted by Gasteiger charge is -2.12. The molecule has 0 fully saturated rings. The molecular weight excluding hydrogens is 186 g/mol. The lowest BCUT2D eigenvalue weighted by molar-refractivity contribution is -0.137. The SMILES string of the molecule is O=C(O)CCCCN1C(=O)C=CC1=O. The summed E-state index contributed by atoms with van der Waals surface area (Å²) in [5.74, 6) is -1.49. The molecule has 14 heavy (non-hydrogen) atoms. The third-order valence-electron chi connectivity index (χ3n) is 1.92. The number of nitrogens with zero attached hydrogens (tertiary/aromatic N) is 1. The van der Waals surface area contributed by atoms with Gasteiger partial charge >= 0.3 is 5.97 Å². The molecule has 0 aromatic rings. The topological polar surface area (TPSA) is 74.7 Å². The van der Waals surface area contributed by atoms with E-state index in [1.807, 2.05) is 0 Å². The van der Waals surface area contributed by atoms with Gasteiger partial charge in [0.2, 0.25) is 0 Å². The van der Waals surface area contributed by atoms with Crippen molar-refractivity contribution in [1.82, 2.24) is 4.90 Å². The van der Waals surface area contributed by atoms with Crippen molar-refractivity contribution < 1.29 is 19.5 Å². The molecule has 0 unspecified atom stereocenters. The highest BCUT2D eigenvalue weighted by atomic mass is 16.4. The number of rotatable bonds is 5. The van der Waals surface area contributed by atoms with Crippen LogP contribution in [-0.4, -0.2) is 34.3 Å². The average Bonchev–Trinajstić information content (AvgIpc) is 2.42. The number of carbonyl (C=O) groups is 3. The predicted molar refractivity (Wildman–Crippen MR) is 47.3 cm³/mol. The fourth-order valence-electron chi connectivity index (χ4n) is 1.20. The van der Waals surface area contributed by atoms with Gasteiger partial charge < -0.3 is 5.11 Å². The van der Waals surface area contributed by atoms with Gasteiger partial charge in [-0.2, -0.15) is 0 Å². The molecule has 1 aliphatic rings. The Morgan fingerprint density at radius 1 is 1.21 bits per heavy atom. The monoisotopic (exact) mass is 197 g/mol. The highest BCUT2D eigenvalue weighted by Gasteiger charge is 2.22. The first-order valence-electron chi connectivity index (χ1n) is 4.36. The van der Waals surface area contributed by atoms with Crippen molar-refractivity contribution in [3.05, 3.63) is 12.2 Å². The van der Waals surface area contributed by atoms with Gasteiger partial charge in [0, 0.05) is 25.1 Å². The van der Waals surface area contributed by atoms with Crippen LogP contribution in [0, 0.1) is 0 Å². The molecule has 0 saturated carbocycles. The van der Waals surface area contributed by atoms with Gasteiger partial charge in [-0.25, -0.2) is 0 Å². The third kappa shape index (κ3) is 2.69. The molecule has 1 aliphatic heterocycles. The largest absolute Gasteiger partial charge is 0.481 e. The number of amides is 2. The maximum absolute atomic E-state index is 11.0. The molecule has 5 heteroatoms. The van der Waals surface area contributed by atoms with E-state index in [0.717, 1.165) is 4.90 Å². The van der Waals surface area contributed by atoms with E-state index in [9.17, 15) is 14.4 Å². The minimum atomic E-state index is -0.859. The second-order valence-corrected chi connectivity index (χ2v) is 3.01. The molecule has 1 heterocycles. The number of hydrogen-bond acceptors (Lipinski definition) is 3. The Kier molecular flexibility index (Phi) is 3.39. The number of aliphatic carboxylic acids is 1. The molecule has 0 aromatic heterocycles. The third-order valence-corrected chi connectivity index (χ3v) is 1.92. The molecule has 1 N–H and O–H groups in total. The summed E-state index contributed by atoms with van der Waals surface area (Å²) >= 11 is 0. The minimum absolute atomic E-state index is 0.0731. The molecule has 1 rings (SSSR count). The number of carboxylic acid groups (broad SMARTS) is 1. The van der Waals surface area contributed by atoms with Crippen LogP contribution in [0.1, 0.15) is 19.3 Å². The van der Waals surface area contributed by atoms with Crippen molar-refractivity contribution in [1.29, 1.82) is 0 Å². The molecular formula is C9H11NO4.